The Morgan fingerprint density at radius 1 is 1.26 bits per heavy atom. The molecular weight excluding hydrogens is 286 g/mol. The molecule has 0 aliphatic carbocycles. The number of nitrogens with two attached hydrogens (primary N) is 1. The quantitative estimate of drug-likeness (QED) is 0.673. The molecule has 5 nitrogen and oxygen atoms in total. The van der Waals surface area contributed by atoms with Crippen molar-refractivity contribution >= 4 is 33.0 Å². The van der Waals surface area contributed by atoms with Gasteiger partial charge in [0.1, 0.15) is 5.15 Å². The van der Waals surface area contributed by atoms with Gasteiger partial charge in [-0.1, -0.05) is 17.7 Å². The van der Waals surface area contributed by atoms with Crippen LogP contribution in [0.25, 0.3) is 0 Å². The van der Waals surface area contributed by atoms with Crippen molar-refractivity contribution in [1.82, 2.24) is 4.98 Å². The molecule has 19 heavy (non-hydrogen) atoms. The maximum Gasteiger partial charge on any atom is 0.262 e. The number of nitrogen functional groups attached to an aromatic ring is 1. The summed E-state index contributed by atoms with van der Waals surface area (Å²) < 4.78 is 26.9. The highest BCUT2D eigenvalue weighted by atomic mass is 35.5. The molecule has 0 saturated heterocycles. The lowest BCUT2D eigenvalue weighted by molar-refractivity contribution is 0.600. The fraction of sp³-hybridized carbons (Fsp3) is 0.0833. The number of hydrogen-bond acceptors (Lipinski definition) is 4. The van der Waals surface area contributed by atoms with Gasteiger partial charge in [0.15, 0.2) is 0 Å². The van der Waals surface area contributed by atoms with E-state index in [0.717, 1.165) is 0 Å². The predicted octanol–water partition coefficient (Wildman–Crippen LogP) is 2.43. The minimum Gasteiger partial charge on any atom is -0.399 e. The number of halogens is 1. The molecule has 2 aromatic rings. The molecule has 7 heteroatoms. The van der Waals surface area contributed by atoms with Crippen LogP contribution in [0.5, 0.6) is 0 Å². The Hall–Kier alpha value is -1.79. The van der Waals surface area contributed by atoms with Crippen molar-refractivity contribution in [2.45, 2.75) is 11.8 Å². The number of nitrogens with zero attached hydrogens (tertiary/aromatic N) is 1. The molecule has 0 spiro atoms. The Bertz CT molecular complexity index is 699. The second-order valence-corrected chi connectivity index (χ2v) is 6.04. The van der Waals surface area contributed by atoms with Crippen molar-refractivity contribution in [1.29, 1.82) is 0 Å². The molecule has 100 valence electrons. The fourth-order valence-corrected chi connectivity index (χ4v) is 2.99. The van der Waals surface area contributed by atoms with Gasteiger partial charge in [0.2, 0.25) is 0 Å². The van der Waals surface area contributed by atoms with Gasteiger partial charge in [0.25, 0.3) is 10.0 Å². The zero-order chi connectivity index (χ0) is 14.0. The Morgan fingerprint density at radius 2 is 2.00 bits per heavy atom. The lowest BCUT2D eigenvalue weighted by Gasteiger charge is -2.10. The average Bonchev–Trinajstić information content (AvgIpc) is 2.35. The van der Waals surface area contributed by atoms with Gasteiger partial charge in [-0.2, -0.15) is 0 Å². The summed E-state index contributed by atoms with van der Waals surface area (Å²) in [4.78, 5) is 3.95. The lowest BCUT2D eigenvalue weighted by atomic mass is 10.2. The molecule has 1 aromatic heterocycles. The first-order valence-electron chi connectivity index (χ1n) is 5.39. The first kappa shape index (κ1) is 13.6. The average molecular weight is 298 g/mol. The molecule has 0 bridgehead atoms. The summed E-state index contributed by atoms with van der Waals surface area (Å²) in [5, 5.41) is 0.295. The third kappa shape index (κ3) is 3.15. The number of benzene rings is 1. The van der Waals surface area contributed by atoms with Crippen LogP contribution in [0.3, 0.4) is 0 Å². The van der Waals surface area contributed by atoms with Crippen molar-refractivity contribution in [2.75, 3.05) is 10.5 Å². The number of rotatable bonds is 3. The van der Waals surface area contributed by atoms with Crippen LogP contribution in [0.2, 0.25) is 5.15 Å². The molecule has 0 atom stereocenters. The number of aromatic nitrogens is 1. The van der Waals surface area contributed by atoms with Gasteiger partial charge in [-0.15, -0.1) is 0 Å². The minimum absolute atomic E-state index is 0.141. The van der Waals surface area contributed by atoms with E-state index < -0.39 is 10.0 Å². The van der Waals surface area contributed by atoms with E-state index in [1.165, 1.54) is 24.4 Å². The first-order valence-corrected chi connectivity index (χ1v) is 7.25. The van der Waals surface area contributed by atoms with Gasteiger partial charge in [0, 0.05) is 5.69 Å². The Labute approximate surface area is 116 Å². The highest BCUT2D eigenvalue weighted by Gasteiger charge is 2.17. The first-order chi connectivity index (χ1) is 8.88. The van der Waals surface area contributed by atoms with Crippen LogP contribution in [0, 0.1) is 6.92 Å². The SMILES string of the molecule is Cc1ccc(N)cc1S(=O)(=O)Nc1ccc(Cl)nc1. The molecule has 2 rings (SSSR count). The van der Waals surface area contributed by atoms with Crippen LogP contribution in [-0.4, -0.2) is 13.4 Å². The summed E-state index contributed by atoms with van der Waals surface area (Å²) in [6, 6.07) is 7.77. The standard InChI is InChI=1S/C12H12ClN3O2S/c1-8-2-3-9(14)6-11(8)19(17,18)16-10-4-5-12(13)15-7-10/h2-7,16H,14H2,1H3. The van der Waals surface area contributed by atoms with Gasteiger partial charge in [-0.25, -0.2) is 13.4 Å². The Morgan fingerprint density at radius 3 is 2.63 bits per heavy atom. The normalized spacial score (nSPS) is 11.3. The smallest absolute Gasteiger partial charge is 0.262 e. The summed E-state index contributed by atoms with van der Waals surface area (Å²) in [5.74, 6) is 0. The molecule has 0 radical (unpaired) electrons. The molecular formula is C12H12ClN3O2S. The van der Waals surface area contributed by atoms with E-state index in [9.17, 15) is 8.42 Å². The number of pyridine rings is 1. The van der Waals surface area contributed by atoms with Crippen LogP contribution in [0.15, 0.2) is 41.4 Å². The van der Waals surface area contributed by atoms with Crippen molar-refractivity contribution in [3.8, 4) is 0 Å². The van der Waals surface area contributed by atoms with Crippen LogP contribution < -0.4 is 10.5 Å². The predicted molar refractivity (Wildman–Crippen MR) is 75.6 cm³/mol. The summed E-state index contributed by atoms with van der Waals surface area (Å²) in [6.07, 6.45) is 1.35. The van der Waals surface area contributed by atoms with Gasteiger partial charge in [-0.3, -0.25) is 4.72 Å². The molecule has 0 amide bonds. The molecule has 0 unspecified atom stereocenters. The van der Waals surface area contributed by atoms with Gasteiger partial charge >= 0.3 is 0 Å². The van der Waals surface area contributed by atoms with Gasteiger partial charge in [0.05, 0.1) is 16.8 Å². The third-order valence-corrected chi connectivity index (χ3v) is 4.23. The van der Waals surface area contributed by atoms with E-state index in [-0.39, 0.29) is 4.90 Å². The van der Waals surface area contributed by atoms with Crippen molar-refractivity contribution in [3.05, 3.63) is 47.2 Å². The fourth-order valence-electron chi connectivity index (χ4n) is 1.55. The third-order valence-electron chi connectivity index (χ3n) is 2.48. The lowest BCUT2D eigenvalue weighted by Crippen LogP contribution is -2.14. The summed E-state index contributed by atoms with van der Waals surface area (Å²) in [7, 11) is -3.69. The van der Waals surface area contributed by atoms with Crippen LogP contribution in [0.1, 0.15) is 5.56 Å². The van der Waals surface area contributed by atoms with Gasteiger partial charge in [-0.05, 0) is 36.8 Å². The van der Waals surface area contributed by atoms with E-state index in [2.05, 4.69) is 9.71 Å². The van der Waals surface area contributed by atoms with Crippen molar-refractivity contribution in [2.24, 2.45) is 0 Å². The van der Waals surface area contributed by atoms with E-state index in [1.807, 2.05) is 0 Å². The topological polar surface area (TPSA) is 85.1 Å². The monoisotopic (exact) mass is 297 g/mol. The maximum atomic E-state index is 12.2. The molecule has 1 heterocycles. The number of hydrogen-bond donors (Lipinski definition) is 2. The van der Waals surface area contributed by atoms with E-state index in [0.29, 0.717) is 22.1 Å². The zero-order valence-corrected chi connectivity index (χ0v) is 11.7. The number of aryl methyl sites for hydroxylation is 1. The Balaban J connectivity index is 2.37. The molecule has 0 aliphatic heterocycles. The number of nitrogens with one attached hydrogen (secondary N) is 1. The second-order valence-electron chi connectivity index (χ2n) is 4.00. The zero-order valence-electron chi connectivity index (χ0n) is 10.1. The molecule has 3 N–H and O–H groups in total. The maximum absolute atomic E-state index is 12.2. The van der Waals surface area contributed by atoms with Crippen molar-refractivity contribution in [3.63, 3.8) is 0 Å². The second kappa shape index (κ2) is 5.07. The highest BCUT2D eigenvalue weighted by molar-refractivity contribution is 7.92. The van der Waals surface area contributed by atoms with E-state index in [1.54, 1.807) is 19.1 Å². The molecule has 0 aliphatic rings. The summed E-state index contributed by atoms with van der Waals surface area (Å²) in [5.41, 5.74) is 6.96. The van der Waals surface area contributed by atoms with Crippen LogP contribution >= 0.6 is 11.6 Å². The van der Waals surface area contributed by atoms with Crippen LogP contribution in [0.4, 0.5) is 11.4 Å². The van der Waals surface area contributed by atoms with Gasteiger partial charge < -0.3 is 5.73 Å². The molecule has 0 saturated carbocycles. The van der Waals surface area contributed by atoms with Crippen molar-refractivity contribution < 1.29 is 8.42 Å². The largest absolute Gasteiger partial charge is 0.399 e. The minimum atomic E-state index is -3.69. The van der Waals surface area contributed by atoms with E-state index >= 15 is 0 Å². The highest BCUT2D eigenvalue weighted by Crippen LogP contribution is 2.21. The molecule has 1 aromatic carbocycles. The summed E-state index contributed by atoms with van der Waals surface area (Å²) >= 11 is 5.64. The van der Waals surface area contributed by atoms with Crippen LogP contribution in [-0.2, 0) is 10.0 Å². The summed E-state index contributed by atoms with van der Waals surface area (Å²) in [6.45, 7) is 1.70. The van der Waals surface area contributed by atoms with E-state index in [4.69, 9.17) is 17.3 Å². The number of anilines is 2. The molecule has 0 fully saturated rings. The Kier molecular flexibility index (Phi) is 3.64. The number of sulfonamides is 1.